The molecular formula is C29H22ClF6NO5. The summed E-state index contributed by atoms with van der Waals surface area (Å²) in [6.45, 7) is 2.80. The molecule has 4 aromatic rings. The molecule has 1 heterocycles. The molecule has 0 aliphatic heterocycles. The molecule has 3 aromatic carbocycles. The summed E-state index contributed by atoms with van der Waals surface area (Å²) in [5, 5.41) is 0.648. The highest BCUT2D eigenvalue weighted by molar-refractivity contribution is 6.33. The van der Waals surface area contributed by atoms with E-state index < -0.39 is 42.0 Å². The summed E-state index contributed by atoms with van der Waals surface area (Å²) in [6.07, 6.45) is -10.9. The average molecular weight is 614 g/mol. The highest BCUT2D eigenvalue weighted by atomic mass is 35.5. The van der Waals surface area contributed by atoms with Gasteiger partial charge in [0.15, 0.2) is 0 Å². The fourth-order valence-electron chi connectivity index (χ4n) is 4.32. The van der Waals surface area contributed by atoms with Crippen molar-refractivity contribution in [1.82, 2.24) is 4.98 Å². The van der Waals surface area contributed by atoms with Gasteiger partial charge in [-0.1, -0.05) is 41.9 Å². The van der Waals surface area contributed by atoms with Crippen molar-refractivity contribution in [2.24, 2.45) is 0 Å². The Hall–Kier alpha value is -4.19. The smallest absolute Gasteiger partial charge is 0.495 e. The zero-order valence-electron chi connectivity index (χ0n) is 22.2. The summed E-state index contributed by atoms with van der Waals surface area (Å²) in [7, 11) is 1.43. The van der Waals surface area contributed by atoms with Crippen molar-refractivity contribution in [2.45, 2.75) is 26.2 Å². The Morgan fingerprint density at radius 3 is 2.17 bits per heavy atom. The molecule has 0 N–H and O–H groups in total. The lowest BCUT2D eigenvalue weighted by Crippen LogP contribution is -2.12. The van der Waals surface area contributed by atoms with Crippen LogP contribution in [0.5, 0.6) is 11.5 Å². The summed E-state index contributed by atoms with van der Waals surface area (Å²) in [4.78, 5) is 16.3. The Kier molecular flexibility index (Phi) is 8.76. The molecule has 0 aliphatic carbocycles. The minimum absolute atomic E-state index is 0.0343. The number of ether oxygens (including phenoxy) is 4. The zero-order valence-corrected chi connectivity index (χ0v) is 23.0. The third kappa shape index (κ3) is 6.48. The Morgan fingerprint density at radius 2 is 1.57 bits per heavy atom. The number of hydrogen-bond acceptors (Lipinski definition) is 6. The van der Waals surface area contributed by atoms with Crippen molar-refractivity contribution in [1.29, 1.82) is 0 Å². The van der Waals surface area contributed by atoms with E-state index >= 15 is 0 Å². The fourth-order valence-corrected chi connectivity index (χ4v) is 4.56. The first-order chi connectivity index (χ1) is 19.7. The maximum Gasteiger partial charge on any atom is 0.511 e. The van der Waals surface area contributed by atoms with Crippen LogP contribution in [0.25, 0.3) is 33.2 Å². The van der Waals surface area contributed by atoms with E-state index in [9.17, 15) is 31.1 Å². The van der Waals surface area contributed by atoms with Gasteiger partial charge in [-0.05, 0) is 48.7 Å². The van der Waals surface area contributed by atoms with Gasteiger partial charge < -0.3 is 18.9 Å². The zero-order chi connectivity index (χ0) is 30.8. The van der Waals surface area contributed by atoms with E-state index in [0.717, 1.165) is 6.07 Å². The molecular weight excluding hydrogens is 592 g/mol. The first-order valence-corrected chi connectivity index (χ1v) is 12.6. The van der Waals surface area contributed by atoms with Crippen LogP contribution in [-0.2, 0) is 21.8 Å². The standard InChI is InChI=1S/C29H22ClF6NO5/c1-4-40-27(38)42-14-41-26-20-12-22(30)24(39-3)13-23(20)37-15(2)25(26)17-7-5-16(6-8-17)19-10-9-18(28(31,32)33)11-21(19)29(34,35)36/h5-13H,4,14H2,1-3H3. The molecule has 0 fully saturated rings. The van der Waals surface area contributed by atoms with Crippen LogP contribution in [0.1, 0.15) is 23.7 Å². The van der Waals surface area contributed by atoms with Gasteiger partial charge in [0.1, 0.15) is 11.5 Å². The van der Waals surface area contributed by atoms with Crippen LogP contribution >= 0.6 is 11.6 Å². The maximum atomic E-state index is 13.8. The number of aromatic nitrogens is 1. The molecule has 0 bridgehead atoms. The molecule has 1 aromatic heterocycles. The first kappa shape index (κ1) is 30.8. The van der Waals surface area contributed by atoms with Crippen molar-refractivity contribution < 1.29 is 50.1 Å². The van der Waals surface area contributed by atoms with Gasteiger partial charge in [-0.3, -0.25) is 4.98 Å². The number of pyridine rings is 1. The minimum Gasteiger partial charge on any atom is -0.495 e. The number of fused-ring (bicyclic) bond motifs is 1. The maximum absolute atomic E-state index is 13.8. The lowest BCUT2D eigenvalue weighted by molar-refractivity contribution is -0.142. The van der Waals surface area contributed by atoms with Crippen LogP contribution in [0.2, 0.25) is 5.02 Å². The lowest BCUT2D eigenvalue weighted by Gasteiger charge is -2.18. The van der Waals surface area contributed by atoms with Crippen LogP contribution in [0, 0.1) is 6.92 Å². The van der Waals surface area contributed by atoms with E-state index in [1.54, 1.807) is 19.9 Å². The summed E-state index contributed by atoms with van der Waals surface area (Å²) in [6, 6.07) is 10.3. The Balaban J connectivity index is 1.82. The number of alkyl halides is 6. The highest BCUT2D eigenvalue weighted by Gasteiger charge is 2.38. The number of carbonyl (C=O) groups excluding carboxylic acids is 1. The van der Waals surface area contributed by atoms with Crippen LogP contribution in [-0.4, -0.2) is 31.6 Å². The Morgan fingerprint density at radius 1 is 0.905 bits per heavy atom. The molecule has 42 heavy (non-hydrogen) atoms. The second kappa shape index (κ2) is 12.0. The molecule has 4 rings (SSSR count). The Labute approximate surface area is 240 Å². The predicted molar refractivity (Wildman–Crippen MR) is 143 cm³/mol. The second-order valence-corrected chi connectivity index (χ2v) is 9.24. The molecule has 222 valence electrons. The normalized spacial score (nSPS) is 11.9. The molecule has 0 radical (unpaired) electrons. The van der Waals surface area contributed by atoms with Gasteiger partial charge in [-0.15, -0.1) is 0 Å². The van der Waals surface area contributed by atoms with E-state index in [1.807, 2.05) is 0 Å². The van der Waals surface area contributed by atoms with Gasteiger partial charge in [0.25, 0.3) is 0 Å². The molecule has 0 atom stereocenters. The number of carbonyl (C=O) groups is 1. The fraction of sp³-hybridized carbons (Fsp3) is 0.241. The van der Waals surface area contributed by atoms with Gasteiger partial charge in [-0.25, -0.2) is 4.79 Å². The summed E-state index contributed by atoms with van der Waals surface area (Å²) < 4.78 is 101. The van der Waals surface area contributed by atoms with Crippen LogP contribution in [0.4, 0.5) is 31.1 Å². The number of halogens is 7. The topological polar surface area (TPSA) is 66.9 Å². The van der Waals surface area contributed by atoms with Crippen molar-refractivity contribution in [3.8, 4) is 33.8 Å². The van der Waals surface area contributed by atoms with Gasteiger partial charge >= 0.3 is 18.5 Å². The summed E-state index contributed by atoms with van der Waals surface area (Å²) >= 11 is 6.34. The second-order valence-electron chi connectivity index (χ2n) is 8.83. The van der Waals surface area contributed by atoms with Crippen molar-refractivity contribution in [3.63, 3.8) is 0 Å². The number of rotatable bonds is 7. The molecule has 0 amide bonds. The quantitative estimate of drug-likeness (QED) is 0.118. The third-order valence-corrected chi connectivity index (χ3v) is 6.47. The van der Waals surface area contributed by atoms with Gasteiger partial charge in [-0.2, -0.15) is 26.3 Å². The number of benzene rings is 3. The SMILES string of the molecule is CCOC(=O)OCOc1c(-c2ccc(-c3ccc(C(F)(F)F)cc3C(F)(F)F)cc2)c(C)nc2cc(OC)c(Cl)cc12. The van der Waals surface area contributed by atoms with E-state index in [-0.39, 0.29) is 29.0 Å². The molecule has 0 saturated carbocycles. The molecule has 6 nitrogen and oxygen atoms in total. The third-order valence-electron chi connectivity index (χ3n) is 6.17. The van der Waals surface area contributed by atoms with Gasteiger partial charge in [0.05, 0.1) is 35.4 Å². The van der Waals surface area contributed by atoms with Gasteiger partial charge in [0.2, 0.25) is 6.79 Å². The van der Waals surface area contributed by atoms with Crippen LogP contribution in [0.3, 0.4) is 0 Å². The van der Waals surface area contributed by atoms with E-state index in [0.29, 0.717) is 39.5 Å². The highest BCUT2D eigenvalue weighted by Crippen LogP contribution is 2.44. The largest absolute Gasteiger partial charge is 0.511 e. The molecule has 13 heteroatoms. The monoisotopic (exact) mass is 613 g/mol. The van der Waals surface area contributed by atoms with E-state index in [4.69, 9.17) is 30.5 Å². The van der Waals surface area contributed by atoms with Crippen molar-refractivity contribution >= 4 is 28.7 Å². The van der Waals surface area contributed by atoms with Crippen LogP contribution < -0.4 is 9.47 Å². The first-order valence-electron chi connectivity index (χ1n) is 12.2. The predicted octanol–water partition coefficient (Wildman–Crippen LogP) is 9.09. The molecule has 0 aliphatic rings. The average Bonchev–Trinajstić information content (AvgIpc) is 2.92. The molecule has 0 unspecified atom stereocenters. The number of nitrogens with zero attached hydrogens (tertiary/aromatic N) is 1. The lowest BCUT2D eigenvalue weighted by atomic mass is 9.94. The summed E-state index contributed by atoms with van der Waals surface area (Å²) in [5.74, 6) is 0.545. The molecule has 0 spiro atoms. The van der Waals surface area contributed by atoms with Crippen molar-refractivity contribution in [2.75, 3.05) is 20.5 Å². The van der Waals surface area contributed by atoms with E-state index in [1.165, 1.54) is 37.4 Å². The Bertz CT molecular complexity index is 1620. The summed E-state index contributed by atoms with van der Waals surface area (Å²) in [5.41, 5.74) is -1.49. The van der Waals surface area contributed by atoms with E-state index in [2.05, 4.69) is 4.98 Å². The van der Waals surface area contributed by atoms with Crippen molar-refractivity contribution in [3.05, 3.63) is 76.4 Å². The molecule has 0 saturated heterocycles. The van der Waals surface area contributed by atoms with Crippen LogP contribution in [0.15, 0.2) is 54.6 Å². The number of aryl methyl sites for hydroxylation is 1. The number of methoxy groups -OCH3 is 1. The minimum atomic E-state index is -5.03. The van der Waals surface area contributed by atoms with Gasteiger partial charge in [0, 0.05) is 22.7 Å². The number of hydrogen-bond donors (Lipinski definition) is 0.